The number of hydrogen-bond acceptors (Lipinski definition) is 3. The van der Waals surface area contributed by atoms with Gasteiger partial charge >= 0.3 is 5.97 Å². The first-order valence-electron chi connectivity index (χ1n) is 13.5. The quantitative estimate of drug-likeness (QED) is 0.183. The zero-order valence-corrected chi connectivity index (χ0v) is 21.7. The Bertz CT molecular complexity index is 940. The van der Waals surface area contributed by atoms with Crippen LogP contribution in [0.1, 0.15) is 118 Å². The Morgan fingerprint density at radius 2 is 1.19 bits per heavy atom. The lowest BCUT2D eigenvalue weighted by Crippen LogP contribution is -2.18. The maximum atomic E-state index is 12.7. The van der Waals surface area contributed by atoms with Crippen LogP contribution in [0, 0.1) is 0 Å². The number of carboxylic acid groups (broad SMARTS) is 1. The minimum atomic E-state index is -1.02. The van der Waals surface area contributed by atoms with Crippen LogP contribution >= 0.6 is 0 Å². The lowest BCUT2D eigenvalue weighted by molar-refractivity contribution is -0.116. The van der Waals surface area contributed by atoms with Crippen molar-refractivity contribution < 1.29 is 19.5 Å². The van der Waals surface area contributed by atoms with Crippen molar-refractivity contribution in [3.05, 3.63) is 59.7 Å². The predicted octanol–water partition coefficient (Wildman–Crippen LogP) is 8.06. The molecule has 0 atom stereocenters. The lowest BCUT2D eigenvalue weighted by Gasteiger charge is -2.12. The first kappa shape index (κ1) is 29.1. The van der Waals surface area contributed by atoms with Crippen LogP contribution in [0.25, 0.3) is 0 Å². The van der Waals surface area contributed by atoms with Gasteiger partial charge in [-0.05, 0) is 42.8 Å². The molecule has 0 bridgehead atoms. The van der Waals surface area contributed by atoms with E-state index in [0.29, 0.717) is 23.4 Å². The van der Waals surface area contributed by atoms with E-state index in [0.717, 1.165) is 19.3 Å². The van der Waals surface area contributed by atoms with Gasteiger partial charge < -0.3 is 15.7 Å². The Hall–Kier alpha value is -3.15. The van der Waals surface area contributed by atoms with Gasteiger partial charge in [-0.3, -0.25) is 9.59 Å². The third-order valence-electron chi connectivity index (χ3n) is 6.34. The largest absolute Gasteiger partial charge is 0.478 e. The lowest BCUT2D eigenvalue weighted by atomic mass is 10.0. The normalized spacial score (nSPS) is 10.7. The van der Waals surface area contributed by atoms with E-state index in [-0.39, 0.29) is 17.4 Å². The second-order valence-corrected chi connectivity index (χ2v) is 9.42. The average Bonchev–Trinajstić information content (AvgIpc) is 2.87. The van der Waals surface area contributed by atoms with E-state index in [1.807, 2.05) is 0 Å². The van der Waals surface area contributed by atoms with E-state index in [1.165, 1.54) is 88.5 Å². The van der Waals surface area contributed by atoms with Crippen molar-refractivity contribution in [2.75, 3.05) is 10.6 Å². The number of amides is 2. The molecule has 36 heavy (non-hydrogen) atoms. The van der Waals surface area contributed by atoms with Gasteiger partial charge in [0.15, 0.2) is 0 Å². The molecule has 0 spiro atoms. The van der Waals surface area contributed by atoms with Gasteiger partial charge in [0.1, 0.15) is 0 Å². The smallest absolute Gasteiger partial charge is 0.335 e. The molecule has 6 heteroatoms. The van der Waals surface area contributed by atoms with Crippen molar-refractivity contribution in [2.45, 2.75) is 96.8 Å². The summed E-state index contributed by atoms with van der Waals surface area (Å²) < 4.78 is 0. The molecule has 0 aromatic heterocycles. The van der Waals surface area contributed by atoms with E-state index < -0.39 is 5.97 Å². The van der Waals surface area contributed by atoms with E-state index in [9.17, 15) is 14.4 Å². The molecular formula is C30H42N2O4. The second kappa shape index (κ2) is 17.3. The van der Waals surface area contributed by atoms with Crippen LogP contribution in [0.5, 0.6) is 0 Å². The number of unbranched alkanes of at least 4 members (excludes halogenated alkanes) is 12. The number of carbonyl (C=O) groups is 3. The number of hydrogen-bond donors (Lipinski definition) is 3. The number of benzene rings is 2. The van der Waals surface area contributed by atoms with Crippen LogP contribution in [0.2, 0.25) is 0 Å². The Balaban J connectivity index is 1.64. The summed E-state index contributed by atoms with van der Waals surface area (Å²) in [5.74, 6) is -1.48. The van der Waals surface area contributed by atoms with Gasteiger partial charge in [-0.2, -0.15) is 0 Å². The fourth-order valence-corrected chi connectivity index (χ4v) is 4.20. The molecule has 0 saturated carbocycles. The van der Waals surface area contributed by atoms with Gasteiger partial charge in [-0.1, -0.05) is 96.1 Å². The molecule has 0 aliphatic heterocycles. The molecule has 2 rings (SSSR count). The third kappa shape index (κ3) is 11.5. The molecule has 0 unspecified atom stereocenters. The van der Waals surface area contributed by atoms with Crippen molar-refractivity contribution in [1.82, 2.24) is 0 Å². The minimum Gasteiger partial charge on any atom is -0.478 e. The highest BCUT2D eigenvalue weighted by atomic mass is 16.4. The second-order valence-electron chi connectivity index (χ2n) is 9.42. The van der Waals surface area contributed by atoms with E-state index in [4.69, 9.17) is 5.11 Å². The number of aromatic carboxylic acids is 1. The monoisotopic (exact) mass is 494 g/mol. The number of para-hydroxylation sites is 1. The average molecular weight is 495 g/mol. The predicted molar refractivity (Wildman–Crippen MR) is 147 cm³/mol. The topological polar surface area (TPSA) is 95.5 Å². The van der Waals surface area contributed by atoms with Crippen LogP contribution in [-0.2, 0) is 4.79 Å². The summed E-state index contributed by atoms with van der Waals surface area (Å²) in [4.78, 5) is 36.2. The highest BCUT2D eigenvalue weighted by Gasteiger charge is 2.14. The van der Waals surface area contributed by atoms with Gasteiger partial charge in [-0.25, -0.2) is 4.79 Å². The first-order valence-corrected chi connectivity index (χ1v) is 13.5. The maximum Gasteiger partial charge on any atom is 0.335 e. The van der Waals surface area contributed by atoms with Gasteiger partial charge in [0.25, 0.3) is 5.91 Å². The Morgan fingerprint density at radius 1 is 0.667 bits per heavy atom. The molecule has 2 aromatic rings. The van der Waals surface area contributed by atoms with Gasteiger partial charge in [-0.15, -0.1) is 0 Å². The van der Waals surface area contributed by atoms with Crippen LogP contribution in [-0.4, -0.2) is 22.9 Å². The fourth-order valence-electron chi connectivity index (χ4n) is 4.20. The molecular weight excluding hydrogens is 452 g/mol. The molecule has 6 nitrogen and oxygen atoms in total. The summed E-state index contributed by atoms with van der Waals surface area (Å²) in [6.07, 6.45) is 16.8. The molecule has 2 aromatic carbocycles. The Kier molecular flexibility index (Phi) is 14.0. The number of rotatable bonds is 18. The van der Waals surface area contributed by atoms with E-state index >= 15 is 0 Å². The zero-order valence-electron chi connectivity index (χ0n) is 21.7. The standard InChI is InChI=1S/C30H42N2O4/c1-2-3-4-5-6-7-8-9-10-11-12-13-14-19-28(33)32-27-18-16-15-17-26(27)29(34)31-25-22-20-24(21-23-25)30(35)36/h15-18,20-23H,2-14,19H2,1H3,(H,31,34)(H,32,33)(H,35,36). The molecule has 2 amide bonds. The summed E-state index contributed by atoms with van der Waals surface area (Å²) in [7, 11) is 0. The molecule has 0 fully saturated rings. The first-order chi connectivity index (χ1) is 17.5. The van der Waals surface area contributed by atoms with Crippen molar-refractivity contribution in [2.24, 2.45) is 0 Å². The number of carboxylic acids is 1. The molecule has 0 aliphatic rings. The molecule has 196 valence electrons. The van der Waals surface area contributed by atoms with Crippen molar-refractivity contribution in [1.29, 1.82) is 0 Å². The van der Waals surface area contributed by atoms with Crippen molar-refractivity contribution in [3.63, 3.8) is 0 Å². The Morgan fingerprint density at radius 3 is 1.75 bits per heavy atom. The van der Waals surface area contributed by atoms with Crippen LogP contribution in [0.3, 0.4) is 0 Å². The molecule has 0 aliphatic carbocycles. The summed E-state index contributed by atoms with van der Waals surface area (Å²) >= 11 is 0. The molecule has 0 saturated heterocycles. The van der Waals surface area contributed by atoms with Crippen molar-refractivity contribution >= 4 is 29.2 Å². The zero-order chi connectivity index (χ0) is 26.0. The maximum absolute atomic E-state index is 12.7. The third-order valence-corrected chi connectivity index (χ3v) is 6.34. The minimum absolute atomic E-state index is 0.0934. The molecule has 3 N–H and O–H groups in total. The number of anilines is 2. The summed E-state index contributed by atoms with van der Waals surface area (Å²) in [6.45, 7) is 2.25. The van der Waals surface area contributed by atoms with E-state index in [2.05, 4.69) is 17.6 Å². The molecule has 0 heterocycles. The summed E-state index contributed by atoms with van der Waals surface area (Å²) in [5, 5.41) is 14.6. The van der Waals surface area contributed by atoms with Gasteiger partial charge in [0, 0.05) is 12.1 Å². The molecule has 0 radical (unpaired) electrons. The van der Waals surface area contributed by atoms with Gasteiger partial charge in [0.05, 0.1) is 16.8 Å². The van der Waals surface area contributed by atoms with Gasteiger partial charge in [0.2, 0.25) is 5.91 Å². The van der Waals surface area contributed by atoms with Crippen molar-refractivity contribution in [3.8, 4) is 0 Å². The highest BCUT2D eigenvalue weighted by Crippen LogP contribution is 2.19. The van der Waals surface area contributed by atoms with Crippen LogP contribution in [0.15, 0.2) is 48.5 Å². The van der Waals surface area contributed by atoms with E-state index in [1.54, 1.807) is 24.3 Å². The Labute approximate surface area is 215 Å². The summed E-state index contributed by atoms with van der Waals surface area (Å²) in [6, 6.07) is 12.8. The van der Waals surface area contributed by atoms with Crippen LogP contribution < -0.4 is 10.6 Å². The SMILES string of the molecule is CCCCCCCCCCCCCCCC(=O)Nc1ccccc1C(=O)Nc1ccc(C(=O)O)cc1. The number of carbonyl (C=O) groups excluding carboxylic acids is 2. The number of nitrogens with one attached hydrogen (secondary N) is 2. The highest BCUT2D eigenvalue weighted by molar-refractivity contribution is 6.10. The van der Waals surface area contributed by atoms with Crippen LogP contribution in [0.4, 0.5) is 11.4 Å². The fraction of sp³-hybridized carbons (Fsp3) is 0.500. The summed E-state index contributed by atoms with van der Waals surface area (Å²) in [5.41, 5.74) is 1.46.